The molecule has 1 nitrogen and oxygen atoms in total. The molecule has 0 N–H and O–H groups in total. The second-order valence-corrected chi connectivity index (χ2v) is 5.74. The van der Waals surface area contributed by atoms with Gasteiger partial charge in [-0.1, -0.05) is 53.5 Å². The van der Waals surface area contributed by atoms with Crippen LogP contribution in [0.4, 0.5) is 0 Å². The highest BCUT2D eigenvalue weighted by molar-refractivity contribution is 6.32. The van der Waals surface area contributed by atoms with E-state index in [2.05, 4.69) is 6.20 Å². The van der Waals surface area contributed by atoms with E-state index >= 15 is 0 Å². The molecule has 0 aliphatic carbocycles. The Morgan fingerprint density at radius 3 is 2.25 bits per heavy atom. The lowest BCUT2D eigenvalue weighted by molar-refractivity contribution is 0.564. The first-order valence-corrected chi connectivity index (χ1v) is 7.18. The van der Waals surface area contributed by atoms with Crippen LogP contribution >= 0.6 is 23.2 Å². The van der Waals surface area contributed by atoms with Gasteiger partial charge >= 0.3 is 0 Å². The number of halogens is 2. The Bertz CT molecular complexity index is 601. The number of nitrogens with zero attached hydrogens (tertiary/aromatic N) is 1. The first-order chi connectivity index (χ1) is 9.56. The maximum Gasteiger partial charge on any atom is 0.0481 e. The number of rotatable bonds is 4. The van der Waals surface area contributed by atoms with E-state index in [9.17, 15) is 0 Å². The van der Waals surface area contributed by atoms with Crippen molar-refractivity contribution in [3.05, 3.63) is 75.9 Å². The zero-order chi connectivity index (χ0) is 14.5. The number of allylic oxidation sites excluding steroid dienone is 1. The van der Waals surface area contributed by atoms with Gasteiger partial charge in [0, 0.05) is 30.3 Å². The Morgan fingerprint density at radius 1 is 1.00 bits per heavy atom. The fourth-order valence-corrected chi connectivity index (χ4v) is 2.45. The smallest absolute Gasteiger partial charge is 0.0481 e. The van der Waals surface area contributed by atoms with Crippen LogP contribution in [0.3, 0.4) is 0 Å². The molecule has 3 heteroatoms. The van der Waals surface area contributed by atoms with E-state index in [4.69, 9.17) is 23.2 Å². The summed E-state index contributed by atoms with van der Waals surface area (Å²) < 4.78 is 0. The van der Waals surface area contributed by atoms with Crippen LogP contribution in [-0.2, 0) is 6.42 Å². The lowest BCUT2D eigenvalue weighted by atomic mass is 9.99. The maximum atomic E-state index is 6.31. The zero-order valence-corrected chi connectivity index (χ0v) is 13.1. The molecule has 0 aliphatic rings. The van der Waals surface area contributed by atoms with Crippen LogP contribution in [0.2, 0.25) is 10.0 Å². The Hall–Kier alpha value is -1.44. The highest BCUT2D eigenvalue weighted by atomic mass is 35.5. The molecule has 0 unspecified atom stereocenters. The molecule has 2 rings (SSSR count). The average molecular weight is 306 g/mol. The summed E-state index contributed by atoms with van der Waals surface area (Å²) >= 11 is 12.2. The summed E-state index contributed by atoms with van der Waals surface area (Å²) in [4.78, 5) is 2.04. The second-order valence-electron chi connectivity index (χ2n) is 4.90. The van der Waals surface area contributed by atoms with Crippen LogP contribution in [0.1, 0.15) is 11.1 Å². The lowest BCUT2D eigenvalue weighted by Gasteiger charge is -2.14. The molecule has 0 saturated heterocycles. The molecular formula is C17H17Cl2N. The van der Waals surface area contributed by atoms with Gasteiger partial charge < -0.3 is 4.90 Å². The Morgan fingerprint density at radius 2 is 1.65 bits per heavy atom. The average Bonchev–Trinajstić information content (AvgIpc) is 2.41. The van der Waals surface area contributed by atoms with Crippen molar-refractivity contribution in [3.8, 4) is 0 Å². The van der Waals surface area contributed by atoms with Crippen LogP contribution in [0, 0.1) is 0 Å². The summed E-state index contributed by atoms with van der Waals surface area (Å²) in [5.41, 5.74) is 3.46. The van der Waals surface area contributed by atoms with E-state index in [1.807, 2.05) is 67.5 Å². The minimum Gasteiger partial charge on any atom is -0.383 e. The molecule has 0 fully saturated rings. The third kappa shape index (κ3) is 4.03. The maximum absolute atomic E-state index is 6.31. The zero-order valence-electron chi connectivity index (χ0n) is 11.6. The molecule has 0 atom stereocenters. The Kier molecular flexibility index (Phi) is 5.11. The quantitative estimate of drug-likeness (QED) is 0.756. The van der Waals surface area contributed by atoms with Gasteiger partial charge in [0.1, 0.15) is 0 Å². The predicted molar refractivity (Wildman–Crippen MR) is 88.3 cm³/mol. The number of hydrogen-bond donors (Lipinski definition) is 0. The highest BCUT2D eigenvalue weighted by Crippen LogP contribution is 2.27. The molecule has 0 radical (unpaired) electrons. The van der Waals surface area contributed by atoms with E-state index in [0.717, 1.165) is 22.0 Å². The van der Waals surface area contributed by atoms with Crippen molar-refractivity contribution >= 4 is 28.8 Å². The van der Waals surface area contributed by atoms with Gasteiger partial charge in [-0.3, -0.25) is 0 Å². The van der Waals surface area contributed by atoms with E-state index in [1.54, 1.807) is 0 Å². The summed E-state index contributed by atoms with van der Waals surface area (Å²) in [5, 5.41) is 1.53. The molecule has 0 aliphatic heterocycles. The summed E-state index contributed by atoms with van der Waals surface area (Å²) in [6.07, 6.45) is 2.93. The topological polar surface area (TPSA) is 3.24 Å². The van der Waals surface area contributed by atoms with Gasteiger partial charge in [0.2, 0.25) is 0 Å². The molecule has 20 heavy (non-hydrogen) atoms. The molecular weight excluding hydrogens is 289 g/mol. The molecule has 0 saturated carbocycles. The molecule has 2 aromatic rings. The van der Waals surface area contributed by atoms with E-state index in [-0.39, 0.29) is 0 Å². The fourth-order valence-electron chi connectivity index (χ4n) is 2.07. The van der Waals surface area contributed by atoms with Gasteiger partial charge in [-0.15, -0.1) is 0 Å². The monoisotopic (exact) mass is 305 g/mol. The van der Waals surface area contributed by atoms with Crippen molar-refractivity contribution in [2.75, 3.05) is 14.1 Å². The van der Waals surface area contributed by atoms with Gasteiger partial charge in [-0.2, -0.15) is 0 Å². The van der Waals surface area contributed by atoms with E-state index in [0.29, 0.717) is 0 Å². The molecule has 0 bridgehead atoms. The summed E-state index contributed by atoms with van der Waals surface area (Å²) in [5.74, 6) is 0. The van der Waals surface area contributed by atoms with Crippen LogP contribution < -0.4 is 0 Å². The molecule has 2 aromatic carbocycles. The SMILES string of the molecule is CN(C)C=C(Cc1ccc(Cl)cc1)c1ccccc1Cl. The van der Waals surface area contributed by atoms with Gasteiger partial charge in [0.25, 0.3) is 0 Å². The van der Waals surface area contributed by atoms with Crippen molar-refractivity contribution in [1.29, 1.82) is 0 Å². The highest BCUT2D eigenvalue weighted by Gasteiger charge is 2.08. The molecule has 0 aromatic heterocycles. The standard InChI is InChI=1S/C17H17Cl2N/c1-20(2)12-14(16-5-3-4-6-17(16)19)11-13-7-9-15(18)10-8-13/h3-10,12H,11H2,1-2H3. The predicted octanol–water partition coefficient (Wildman–Crippen LogP) is 5.14. The van der Waals surface area contributed by atoms with E-state index in [1.165, 1.54) is 11.1 Å². The minimum atomic E-state index is 0.754. The third-order valence-electron chi connectivity index (χ3n) is 2.94. The second kappa shape index (κ2) is 6.83. The number of hydrogen-bond acceptors (Lipinski definition) is 1. The van der Waals surface area contributed by atoms with Crippen molar-refractivity contribution in [3.63, 3.8) is 0 Å². The Labute approximate surface area is 130 Å². The first-order valence-electron chi connectivity index (χ1n) is 6.43. The Balaban J connectivity index is 2.34. The molecule has 104 valence electrons. The minimum absolute atomic E-state index is 0.754. The largest absolute Gasteiger partial charge is 0.383 e. The van der Waals surface area contributed by atoms with Crippen LogP contribution in [0.5, 0.6) is 0 Å². The van der Waals surface area contributed by atoms with E-state index < -0.39 is 0 Å². The summed E-state index contributed by atoms with van der Waals surface area (Å²) in [6, 6.07) is 15.8. The van der Waals surface area contributed by atoms with Crippen LogP contribution in [-0.4, -0.2) is 19.0 Å². The van der Waals surface area contributed by atoms with Crippen molar-refractivity contribution in [2.24, 2.45) is 0 Å². The molecule has 0 spiro atoms. The molecule has 0 heterocycles. The normalized spacial score (nSPS) is 11.5. The fraction of sp³-hybridized carbons (Fsp3) is 0.176. The summed E-state index contributed by atoms with van der Waals surface area (Å²) in [6.45, 7) is 0. The summed E-state index contributed by atoms with van der Waals surface area (Å²) in [7, 11) is 4.03. The van der Waals surface area contributed by atoms with Gasteiger partial charge in [0.05, 0.1) is 0 Å². The van der Waals surface area contributed by atoms with Crippen molar-refractivity contribution in [2.45, 2.75) is 6.42 Å². The van der Waals surface area contributed by atoms with Gasteiger partial charge in [-0.25, -0.2) is 0 Å². The first kappa shape index (κ1) is 15.0. The number of benzene rings is 2. The van der Waals surface area contributed by atoms with Gasteiger partial charge in [0.15, 0.2) is 0 Å². The lowest BCUT2D eigenvalue weighted by Crippen LogP contribution is -2.04. The molecule has 0 amide bonds. The third-order valence-corrected chi connectivity index (χ3v) is 3.52. The van der Waals surface area contributed by atoms with Crippen molar-refractivity contribution in [1.82, 2.24) is 4.90 Å². The van der Waals surface area contributed by atoms with Crippen LogP contribution in [0.25, 0.3) is 5.57 Å². The van der Waals surface area contributed by atoms with Crippen LogP contribution in [0.15, 0.2) is 54.7 Å². The van der Waals surface area contributed by atoms with Gasteiger partial charge in [-0.05, 0) is 41.3 Å². The van der Waals surface area contributed by atoms with Crippen molar-refractivity contribution < 1.29 is 0 Å².